The van der Waals surface area contributed by atoms with E-state index in [2.05, 4.69) is 6.07 Å². The third-order valence-corrected chi connectivity index (χ3v) is 3.18. The molecule has 0 saturated carbocycles. The maximum absolute atomic E-state index is 13.3. The van der Waals surface area contributed by atoms with Gasteiger partial charge in [0, 0.05) is 24.0 Å². The monoisotopic (exact) mass is 270 g/mol. The lowest BCUT2D eigenvalue weighted by Gasteiger charge is -2.24. The molecule has 0 aromatic heterocycles. The predicted molar refractivity (Wildman–Crippen MR) is 76.3 cm³/mol. The number of rotatable bonds is 3. The minimum atomic E-state index is -0.762. The van der Waals surface area contributed by atoms with Gasteiger partial charge >= 0.3 is 0 Å². The van der Waals surface area contributed by atoms with Crippen LogP contribution < -0.4 is 4.90 Å². The van der Waals surface area contributed by atoms with E-state index in [1.54, 1.807) is 25.1 Å². The fraction of sp³-hybridized carbons (Fsp3) is 0.188. The Balaban J connectivity index is 2.42. The van der Waals surface area contributed by atoms with Crippen LogP contribution in [0.4, 0.5) is 15.8 Å². The quantitative estimate of drug-likeness (QED) is 0.928. The van der Waals surface area contributed by atoms with Crippen LogP contribution >= 0.6 is 0 Å². The molecule has 3 nitrogen and oxygen atoms in total. The molecular formula is C16H15FN2O. The Bertz CT molecular complexity index is 645. The van der Waals surface area contributed by atoms with E-state index in [-0.39, 0.29) is 5.82 Å². The maximum atomic E-state index is 13.3. The lowest BCUT2D eigenvalue weighted by Crippen LogP contribution is -2.13. The highest BCUT2D eigenvalue weighted by molar-refractivity contribution is 5.66. The molecule has 0 fully saturated rings. The number of aliphatic hydroxyl groups excluding tert-OH is 1. The summed E-state index contributed by atoms with van der Waals surface area (Å²) in [6.45, 7) is 1.60. The van der Waals surface area contributed by atoms with Gasteiger partial charge in [-0.25, -0.2) is 4.39 Å². The van der Waals surface area contributed by atoms with E-state index < -0.39 is 6.10 Å². The molecule has 0 saturated heterocycles. The number of benzene rings is 2. The van der Waals surface area contributed by atoms with Gasteiger partial charge in [0.1, 0.15) is 5.82 Å². The highest BCUT2D eigenvalue weighted by Gasteiger charge is 2.14. The van der Waals surface area contributed by atoms with Crippen LogP contribution in [0, 0.1) is 17.1 Å². The van der Waals surface area contributed by atoms with E-state index >= 15 is 0 Å². The number of hydrogen-bond acceptors (Lipinski definition) is 3. The molecule has 0 radical (unpaired) electrons. The molecule has 0 unspecified atom stereocenters. The van der Waals surface area contributed by atoms with Gasteiger partial charge in [-0.2, -0.15) is 5.26 Å². The molecule has 2 aromatic carbocycles. The standard InChI is InChI=1S/C16H15FN2O/c1-11(20)15-9-13(17)5-8-16(15)19(2)14-6-3-12(10-18)4-7-14/h3-9,11,20H,1-2H3/t11-/m1/s1. The Morgan fingerprint density at radius 2 is 1.85 bits per heavy atom. The molecule has 1 atom stereocenters. The zero-order valence-corrected chi connectivity index (χ0v) is 11.3. The van der Waals surface area contributed by atoms with Crippen molar-refractivity contribution in [1.29, 1.82) is 5.26 Å². The first kappa shape index (κ1) is 14.0. The van der Waals surface area contributed by atoms with Crippen LogP contribution in [0.5, 0.6) is 0 Å². The average Bonchev–Trinajstić information content (AvgIpc) is 2.46. The van der Waals surface area contributed by atoms with Gasteiger partial charge in [0.2, 0.25) is 0 Å². The summed E-state index contributed by atoms with van der Waals surface area (Å²) in [5, 5.41) is 18.6. The van der Waals surface area contributed by atoms with E-state index in [1.165, 1.54) is 12.1 Å². The van der Waals surface area contributed by atoms with Crippen LogP contribution in [0.2, 0.25) is 0 Å². The summed E-state index contributed by atoms with van der Waals surface area (Å²) in [5.74, 6) is -0.377. The van der Waals surface area contributed by atoms with E-state index in [1.807, 2.05) is 24.1 Å². The zero-order valence-electron chi connectivity index (χ0n) is 11.3. The molecule has 0 spiro atoms. The Hall–Kier alpha value is -2.38. The fourth-order valence-corrected chi connectivity index (χ4v) is 2.06. The first-order valence-electron chi connectivity index (χ1n) is 6.24. The topological polar surface area (TPSA) is 47.3 Å². The number of halogens is 1. The van der Waals surface area contributed by atoms with Gasteiger partial charge in [0.15, 0.2) is 0 Å². The Morgan fingerprint density at radius 1 is 1.20 bits per heavy atom. The van der Waals surface area contributed by atoms with Crippen LogP contribution in [0.3, 0.4) is 0 Å². The van der Waals surface area contributed by atoms with E-state index in [9.17, 15) is 9.50 Å². The van der Waals surface area contributed by atoms with Crippen molar-refractivity contribution in [2.24, 2.45) is 0 Å². The Kier molecular flexibility index (Phi) is 4.02. The zero-order chi connectivity index (χ0) is 14.7. The number of anilines is 2. The highest BCUT2D eigenvalue weighted by Crippen LogP contribution is 2.31. The fourth-order valence-electron chi connectivity index (χ4n) is 2.06. The van der Waals surface area contributed by atoms with Crippen molar-refractivity contribution in [2.45, 2.75) is 13.0 Å². The third kappa shape index (κ3) is 2.79. The predicted octanol–water partition coefficient (Wildman–Crippen LogP) is 3.52. The second kappa shape index (κ2) is 5.72. The van der Waals surface area contributed by atoms with Gasteiger partial charge in [-0.1, -0.05) is 0 Å². The molecule has 1 N–H and O–H groups in total. The molecule has 0 aliphatic rings. The smallest absolute Gasteiger partial charge is 0.123 e. The number of nitriles is 1. The molecule has 2 rings (SSSR count). The summed E-state index contributed by atoms with van der Waals surface area (Å²) in [6, 6.07) is 13.5. The molecule has 0 aliphatic carbocycles. The largest absolute Gasteiger partial charge is 0.389 e. The summed E-state index contributed by atoms with van der Waals surface area (Å²) < 4.78 is 13.3. The van der Waals surface area contributed by atoms with Crippen LogP contribution in [-0.4, -0.2) is 12.2 Å². The minimum absolute atomic E-state index is 0.377. The molecule has 20 heavy (non-hydrogen) atoms. The third-order valence-electron chi connectivity index (χ3n) is 3.18. The summed E-state index contributed by atoms with van der Waals surface area (Å²) in [4.78, 5) is 1.85. The molecule has 0 heterocycles. The van der Waals surface area contributed by atoms with Crippen molar-refractivity contribution in [3.63, 3.8) is 0 Å². The summed E-state index contributed by atoms with van der Waals surface area (Å²) >= 11 is 0. The van der Waals surface area contributed by atoms with Gasteiger partial charge in [0.05, 0.1) is 17.7 Å². The maximum Gasteiger partial charge on any atom is 0.123 e. The minimum Gasteiger partial charge on any atom is -0.389 e. The van der Waals surface area contributed by atoms with Crippen molar-refractivity contribution in [3.05, 3.63) is 59.4 Å². The van der Waals surface area contributed by atoms with Crippen molar-refractivity contribution in [2.75, 3.05) is 11.9 Å². The average molecular weight is 270 g/mol. The number of aliphatic hydroxyl groups is 1. The van der Waals surface area contributed by atoms with Crippen LogP contribution in [0.25, 0.3) is 0 Å². The van der Waals surface area contributed by atoms with Crippen LogP contribution in [0.1, 0.15) is 24.2 Å². The number of nitrogens with zero attached hydrogens (tertiary/aromatic N) is 2. The van der Waals surface area contributed by atoms with Crippen LogP contribution in [0.15, 0.2) is 42.5 Å². The van der Waals surface area contributed by atoms with E-state index in [0.29, 0.717) is 11.1 Å². The second-order valence-corrected chi connectivity index (χ2v) is 4.60. The van der Waals surface area contributed by atoms with Gasteiger partial charge in [-0.15, -0.1) is 0 Å². The molecule has 2 aromatic rings. The van der Waals surface area contributed by atoms with E-state index in [0.717, 1.165) is 11.4 Å². The molecule has 0 bridgehead atoms. The van der Waals surface area contributed by atoms with Crippen molar-refractivity contribution in [3.8, 4) is 6.07 Å². The summed E-state index contributed by atoms with van der Waals surface area (Å²) in [7, 11) is 1.83. The SMILES string of the molecule is C[C@@H](O)c1cc(F)ccc1N(C)c1ccc(C#N)cc1. The Morgan fingerprint density at radius 3 is 2.40 bits per heavy atom. The molecule has 0 amide bonds. The van der Waals surface area contributed by atoms with Gasteiger partial charge in [-0.3, -0.25) is 0 Å². The van der Waals surface area contributed by atoms with Crippen molar-refractivity contribution in [1.82, 2.24) is 0 Å². The van der Waals surface area contributed by atoms with E-state index in [4.69, 9.17) is 5.26 Å². The Labute approximate surface area is 117 Å². The summed E-state index contributed by atoms with van der Waals surface area (Å²) in [5.41, 5.74) is 2.69. The summed E-state index contributed by atoms with van der Waals surface area (Å²) in [6.07, 6.45) is -0.762. The first-order valence-corrected chi connectivity index (χ1v) is 6.24. The van der Waals surface area contributed by atoms with Gasteiger partial charge < -0.3 is 10.0 Å². The highest BCUT2D eigenvalue weighted by atomic mass is 19.1. The lowest BCUT2D eigenvalue weighted by molar-refractivity contribution is 0.199. The lowest BCUT2D eigenvalue weighted by atomic mass is 10.1. The van der Waals surface area contributed by atoms with Gasteiger partial charge in [-0.05, 0) is 49.4 Å². The first-order chi connectivity index (χ1) is 9.52. The van der Waals surface area contributed by atoms with Crippen molar-refractivity contribution >= 4 is 11.4 Å². The van der Waals surface area contributed by atoms with Crippen molar-refractivity contribution < 1.29 is 9.50 Å². The second-order valence-electron chi connectivity index (χ2n) is 4.60. The van der Waals surface area contributed by atoms with Crippen LogP contribution in [-0.2, 0) is 0 Å². The number of hydrogen-bond donors (Lipinski definition) is 1. The van der Waals surface area contributed by atoms with Gasteiger partial charge in [0.25, 0.3) is 0 Å². The molecule has 102 valence electrons. The normalized spacial score (nSPS) is 11.8. The molecule has 4 heteroatoms. The molecule has 0 aliphatic heterocycles. The molecular weight excluding hydrogens is 255 g/mol.